The number of rotatable bonds is 3. The standard InChI is InChI=1S/C19H18N2O3/c1-12-8-7-11-16-17(12)19(20-15-9-5-4-6-10-15)24-18(21-16)13(2)23-14(3)22/h4-11,13H,1-3H3. The number of esters is 1. The predicted molar refractivity (Wildman–Crippen MR) is 90.6 cm³/mol. The minimum Gasteiger partial charge on any atom is -0.453 e. The maximum Gasteiger partial charge on any atom is 0.303 e. The molecule has 0 saturated heterocycles. The number of para-hydroxylation sites is 1. The van der Waals surface area contributed by atoms with Crippen molar-refractivity contribution in [2.75, 3.05) is 0 Å². The first-order valence-electron chi connectivity index (χ1n) is 7.72. The van der Waals surface area contributed by atoms with Crippen molar-refractivity contribution in [1.82, 2.24) is 4.98 Å². The van der Waals surface area contributed by atoms with Crippen molar-refractivity contribution in [1.29, 1.82) is 0 Å². The monoisotopic (exact) mass is 322 g/mol. The van der Waals surface area contributed by atoms with E-state index in [1.807, 2.05) is 55.5 Å². The van der Waals surface area contributed by atoms with Crippen LogP contribution >= 0.6 is 0 Å². The molecule has 5 heteroatoms. The summed E-state index contributed by atoms with van der Waals surface area (Å²) in [5, 5.41) is 0.847. The summed E-state index contributed by atoms with van der Waals surface area (Å²) in [6.07, 6.45) is -0.586. The van der Waals surface area contributed by atoms with Crippen LogP contribution in [0.5, 0.6) is 0 Å². The van der Waals surface area contributed by atoms with Crippen LogP contribution in [0.2, 0.25) is 0 Å². The van der Waals surface area contributed by atoms with Crippen LogP contribution in [0.25, 0.3) is 10.9 Å². The highest BCUT2D eigenvalue weighted by Gasteiger charge is 2.16. The number of benzene rings is 2. The van der Waals surface area contributed by atoms with Crippen LogP contribution in [0, 0.1) is 6.92 Å². The Morgan fingerprint density at radius 2 is 1.92 bits per heavy atom. The molecule has 3 rings (SSSR count). The highest BCUT2D eigenvalue weighted by atomic mass is 16.6. The molecule has 1 aromatic heterocycles. The molecule has 2 aromatic carbocycles. The van der Waals surface area contributed by atoms with Gasteiger partial charge in [0.25, 0.3) is 0 Å². The second-order valence-corrected chi connectivity index (χ2v) is 5.53. The fourth-order valence-corrected chi connectivity index (χ4v) is 2.49. The summed E-state index contributed by atoms with van der Waals surface area (Å²) in [5.41, 5.74) is 3.01. The van der Waals surface area contributed by atoms with Gasteiger partial charge in [-0.25, -0.2) is 9.98 Å². The predicted octanol–water partition coefficient (Wildman–Crippen LogP) is 3.99. The van der Waals surface area contributed by atoms with E-state index in [4.69, 9.17) is 9.15 Å². The van der Waals surface area contributed by atoms with Crippen molar-refractivity contribution in [2.45, 2.75) is 26.9 Å². The minimum absolute atomic E-state index is 0.318. The molecule has 0 N–H and O–H groups in total. The zero-order valence-electron chi connectivity index (χ0n) is 13.8. The smallest absolute Gasteiger partial charge is 0.303 e. The molecule has 0 saturated carbocycles. The number of hydrogen-bond acceptors (Lipinski definition) is 5. The van der Waals surface area contributed by atoms with Crippen LogP contribution in [-0.4, -0.2) is 11.0 Å². The Kier molecular flexibility index (Phi) is 4.42. The third kappa shape index (κ3) is 3.35. The Labute approximate surface area is 139 Å². The van der Waals surface area contributed by atoms with Crippen LogP contribution in [0.4, 0.5) is 5.69 Å². The molecule has 3 aromatic rings. The molecule has 0 spiro atoms. The Hall–Kier alpha value is -2.95. The summed E-state index contributed by atoms with van der Waals surface area (Å²) in [7, 11) is 0. The van der Waals surface area contributed by atoms with Crippen molar-refractivity contribution in [3.63, 3.8) is 0 Å². The number of aryl methyl sites for hydroxylation is 1. The summed E-state index contributed by atoms with van der Waals surface area (Å²) in [6, 6.07) is 15.4. The van der Waals surface area contributed by atoms with Gasteiger partial charge in [-0.2, -0.15) is 0 Å². The first-order chi connectivity index (χ1) is 11.5. The van der Waals surface area contributed by atoms with Crippen LogP contribution in [0.1, 0.15) is 31.4 Å². The van der Waals surface area contributed by atoms with Crippen molar-refractivity contribution < 1.29 is 13.9 Å². The number of hydrogen-bond donors (Lipinski definition) is 0. The fraction of sp³-hybridized carbons (Fsp3) is 0.211. The highest BCUT2D eigenvalue weighted by molar-refractivity contribution is 5.80. The lowest BCUT2D eigenvalue weighted by molar-refractivity contribution is -0.146. The summed E-state index contributed by atoms with van der Waals surface area (Å²) in [5.74, 6) is -0.0663. The van der Waals surface area contributed by atoms with Gasteiger partial charge in [0.05, 0.1) is 16.6 Å². The molecule has 0 radical (unpaired) electrons. The Balaban J connectivity index is 2.25. The first-order valence-corrected chi connectivity index (χ1v) is 7.72. The van der Waals surface area contributed by atoms with Gasteiger partial charge in [0.1, 0.15) is 0 Å². The van der Waals surface area contributed by atoms with Gasteiger partial charge in [0.2, 0.25) is 11.4 Å². The van der Waals surface area contributed by atoms with E-state index in [1.165, 1.54) is 6.92 Å². The van der Waals surface area contributed by atoms with E-state index < -0.39 is 6.10 Å². The third-order valence-electron chi connectivity index (χ3n) is 3.57. The van der Waals surface area contributed by atoms with Gasteiger partial charge < -0.3 is 9.15 Å². The van der Waals surface area contributed by atoms with Crippen LogP contribution < -0.4 is 5.55 Å². The molecule has 1 heterocycles. The van der Waals surface area contributed by atoms with E-state index >= 15 is 0 Å². The molecule has 5 nitrogen and oxygen atoms in total. The number of carbonyl (C=O) groups is 1. The SMILES string of the molecule is CC(=O)OC(C)c1nc2cccc(C)c2c(=Nc2ccccc2)o1. The molecule has 122 valence electrons. The molecular weight excluding hydrogens is 304 g/mol. The number of fused-ring (bicyclic) bond motifs is 1. The van der Waals surface area contributed by atoms with Crippen molar-refractivity contribution in [3.8, 4) is 0 Å². The molecule has 1 atom stereocenters. The number of carbonyl (C=O) groups excluding carboxylic acids is 1. The molecule has 1 unspecified atom stereocenters. The van der Waals surface area contributed by atoms with Crippen molar-refractivity contribution >= 4 is 22.6 Å². The van der Waals surface area contributed by atoms with Crippen molar-refractivity contribution in [2.24, 2.45) is 4.99 Å². The van der Waals surface area contributed by atoms with Gasteiger partial charge in [0, 0.05) is 6.92 Å². The second-order valence-electron chi connectivity index (χ2n) is 5.53. The molecule has 0 bridgehead atoms. The lowest BCUT2D eigenvalue weighted by Gasteiger charge is -2.11. The molecule has 0 aliphatic carbocycles. The maximum absolute atomic E-state index is 11.2. The highest BCUT2D eigenvalue weighted by Crippen LogP contribution is 2.19. The lowest BCUT2D eigenvalue weighted by atomic mass is 10.1. The minimum atomic E-state index is -0.586. The summed E-state index contributed by atoms with van der Waals surface area (Å²) < 4.78 is 11.1. The summed E-state index contributed by atoms with van der Waals surface area (Å²) in [4.78, 5) is 20.3. The van der Waals surface area contributed by atoms with E-state index in [2.05, 4.69) is 9.98 Å². The third-order valence-corrected chi connectivity index (χ3v) is 3.57. The van der Waals surface area contributed by atoms with Gasteiger partial charge in [0.15, 0.2) is 6.10 Å². The summed E-state index contributed by atoms with van der Waals surface area (Å²) in [6.45, 7) is 5.07. The molecular formula is C19H18N2O3. The zero-order valence-corrected chi connectivity index (χ0v) is 13.8. The zero-order chi connectivity index (χ0) is 17.1. The number of nitrogens with zero attached hydrogens (tertiary/aromatic N) is 2. The van der Waals surface area contributed by atoms with E-state index in [1.54, 1.807) is 6.92 Å². The number of ether oxygens (including phenoxy) is 1. The summed E-state index contributed by atoms with van der Waals surface area (Å²) >= 11 is 0. The Morgan fingerprint density at radius 3 is 2.62 bits per heavy atom. The van der Waals surface area contributed by atoms with Gasteiger partial charge in [-0.15, -0.1) is 0 Å². The van der Waals surface area contributed by atoms with E-state index in [0.29, 0.717) is 11.4 Å². The normalized spacial score (nSPS) is 13.0. The van der Waals surface area contributed by atoms with Gasteiger partial charge >= 0.3 is 5.97 Å². The Bertz CT molecular complexity index is 946. The van der Waals surface area contributed by atoms with Crippen LogP contribution in [-0.2, 0) is 9.53 Å². The van der Waals surface area contributed by atoms with Gasteiger partial charge in [-0.3, -0.25) is 4.79 Å². The fourth-order valence-electron chi connectivity index (χ4n) is 2.49. The molecule has 0 aliphatic rings. The van der Waals surface area contributed by atoms with Crippen LogP contribution in [0.15, 0.2) is 57.9 Å². The average molecular weight is 322 g/mol. The molecule has 0 amide bonds. The van der Waals surface area contributed by atoms with E-state index in [-0.39, 0.29) is 5.97 Å². The second kappa shape index (κ2) is 6.66. The average Bonchev–Trinajstić information content (AvgIpc) is 2.55. The maximum atomic E-state index is 11.2. The molecule has 0 aliphatic heterocycles. The largest absolute Gasteiger partial charge is 0.453 e. The molecule has 0 fully saturated rings. The Morgan fingerprint density at radius 1 is 1.17 bits per heavy atom. The quantitative estimate of drug-likeness (QED) is 0.684. The first kappa shape index (κ1) is 15.9. The van der Waals surface area contributed by atoms with Crippen molar-refractivity contribution in [3.05, 3.63) is 65.5 Å². The topological polar surface area (TPSA) is 64.7 Å². The van der Waals surface area contributed by atoms with Gasteiger partial charge in [-0.05, 0) is 37.6 Å². The van der Waals surface area contributed by atoms with E-state index in [0.717, 1.165) is 22.2 Å². The molecule has 24 heavy (non-hydrogen) atoms. The van der Waals surface area contributed by atoms with E-state index in [9.17, 15) is 4.79 Å². The number of aromatic nitrogens is 1. The van der Waals surface area contributed by atoms with Crippen LogP contribution in [0.3, 0.4) is 0 Å². The lowest BCUT2D eigenvalue weighted by Crippen LogP contribution is -2.13. The van der Waals surface area contributed by atoms with Gasteiger partial charge in [-0.1, -0.05) is 30.3 Å².